The van der Waals surface area contributed by atoms with Crippen molar-refractivity contribution < 1.29 is 17.6 Å². The van der Waals surface area contributed by atoms with Gasteiger partial charge in [-0.15, -0.1) is 0 Å². The number of sulfonamides is 1. The second-order valence-electron chi connectivity index (χ2n) is 6.24. The average molecular weight is 405 g/mol. The minimum atomic E-state index is -3.35. The van der Waals surface area contributed by atoms with Crippen molar-refractivity contribution in [3.8, 4) is 0 Å². The van der Waals surface area contributed by atoms with E-state index in [4.69, 9.17) is 4.42 Å². The molecule has 0 bridgehead atoms. The maximum absolute atomic E-state index is 12.5. The van der Waals surface area contributed by atoms with Crippen LogP contribution in [0.4, 0.5) is 5.95 Å². The molecular formula is C18H23N5O4S. The third kappa shape index (κ3) is 5.64. The molecule has 1 saturated heterocycles. The SMILES string of the molecule is O=C(/C=C/c1ccco1)NCCCS(=O)(=O)N1CCN(c2ncccn2)CC1. The maximum atomic E-state index is 12.5. The lowest BCUT2D eigenvalue weighted by molar-refractivity contribution is -0.116. The molecule has 150 valence electrons. The number of nitrogens with zero attached hydrogens (tertiary/aromatic N) is 4. The van der Waals surface area contributed by atoms with Gasteiger partial charge in [-0.1, -0.05) is 0 Å². The molecule has 0 aromatic carbocycles. The third-order valence-electron chi connectivity index (χ3n) is 4.29. The van der Waals surface area contributed by atoms with Gasteiger partial charge >= 0.3 is 0 Å². The molecule has 0 aliphatic carbocycles. The van der Waals surface area contributed by atoms with Crippen LogP contribution in [0.15, 0.2) is 47.3 Å². The number of anilines is 1. The van der Waals surface area contributed by atoms with Gasteiger partial charge in [0, 0.05) is 51.2 Å². The fourth-order valence-corrected chi connectivity index (χ4v) is 4.31. The number of piperazine rings is 1. The highest BCUT2D eigenvalue weighted by Crippen LogP contribution is 2.13. The van der Waals surface area contributed by atoms with Crippen LogP contribution in [0, 0.1) is 0 Å². The van der Waals surface area contributed by atoms with E-state index in [-0.39, 0.29) is 11.7 Å². The lowest BCUT2D eigenvalue weighted by Crippen LogP contribution is -2.49. The average Bonchev–Trinajstić information content (AvgIpc) is 3.24. The Kier molecular flexibility index (Phi) is 6.77. The molecule has 0 radical (unpaired) electrons. The first kappa shape index (κ1) is 20.0. The summed E-state index contributed by atoms with van der Waals surface area (Å²) in [4.78, 5) is 22.1. The van der Waals surface area contributed by atoms with Crippen molar-refractivity contribution in [2.24, 2.45) is 0 Å². The molecule has 0 spiro atoms. The Labute approximate surface area is 164 Å². The summed E-state index contributed by atoms with van der Waals surface area (Å²) in [6, 6.07) is 5.21. The Morgan fingerprint density at radius 1 is 1.18 bits per heavy atom. The fourth-order valence-electron chi connectivity index (χ4n) is 2.82. The number of nitrogens with one attached hydrogen (secondary N) is 1. The summed E-state index contributed by atoms with van der Waals surface area (Å²) in [5.41, 5.74) is 0. The minimum absolute atomic E-state index is 0.00296. The highest BCUT2D eigenvalue weighted by atomic mass is 32.2. The van der Waals surface area contributed by atoms with Crippen LogP contribution in [0.3, 0.4) is 0 Å². The molecule has 0 saturated carbocycles. The zero-order chi connectivity index (χ0) is 19.8. The van der Waals surface area contributed by atoms with E-state index in [0.29, 0.717) is 50.9 Å². The predicted octanol–water partition coefficient (Wildman–Crippen LogP) is 0.741. The fraction of sp³-hybridized carbons (Fsp3) is 0.389. The molecule has 9 nitrogen and oxygen atoms in total. The topological polar surface area (TPSA) is 109 Å². The molecule has 1 aliphatic heterocycles. The van der Waals surface area contributed by atoms with Crippen molar-refractivity contribution in [1.29, 1.82) is 0 Å². The number of hydrogen-bond donors (Lipinski definition) is 1. The molecule has 3 rings (SSSR count). The number of rotatable bonds is 8. The molecule has 2 aromatic rings. The molecular weight excluding hydrogens is 382 g/mol. The summed E-state index contributed by atoms with van der Waals surface area (Å²) in [6.45, 7) is 2.20. The van der Waals surface area contributed by atoms with Crippen LogP contribution in [0.1, 0.15) is 12.2 Å². The van der Waals surface area contributed by atoms with E-state index >= 15 is 0 Å². The predicted molar refractivity (Wildman–Crippen MR) is 105 cm³/mol. The second-order valence-corrected chi connectivity index (χ2v) is 8.33. The summed E-state index contributed by atoms with van der Waals surface area (Å²) < 4.78 is 31.6. The molecule has 0 atom stereocenters. The smallest absolute Gasteiger partial charge is 0.244 e. The number of carbonyl (C=O) groups excluding carboxylic acids is 1. The van der Waals surface area contributed by atoms with E-state index in [2.05, 4.69) is 15.3 Å². The Balaban J connectivity index is 1.38. The zero-order valence-electron chi connectivity index (χ0n) is 15.4. The summed E-state index contributed by atoms with van der Waals surface area (Å²) >= 11 is 0. The molecule has 10 heteroatoms. The van der Waals surface area contributed by atoms with Gasteiger partial charge in [0.2, 0.25) is 21.9 Å². The van der Waals surface area contributed by atoms with Crippen LogP contribution in [-0.2, 0) is 14.8 Å². The molecule has 1 aliphatic rings. The largest absolute Gasteiger partial charge is 0.465 e. The first-order chi connectivity index (χ1) is 13.5. The van der Waals surface area contributed by atoms with Gasteiger partial charge in [-0.2, -0.15) is 4.31 Å². The van der Waals surface area contributed by atoms with E-state index in [1.54, 1.807) is 36.7 Å². The van der Waals surface area contributed by atoms with E-state index in [9.17, 15) is 13.2 Å². The van der Waals surface area contributed by atoms with Gasteiger partial charge in [0.15, 0.2) is 0 Å². The van der Waals surface area contributed by atoms with Crippen LogP contribution in [0.25, 0.3) is 6.08 Å². The quantitative estimate of drug-likeness (QED) is 0.510. The van der Waals surface area contributed by atoms with E-state index in [0.717, 1.165) is 0 Å². The normalized spacial score (nSPS) is 15.8. The van der Waals surface area contributed by atoms with E-state index < -0.39 is 10.0 Å². The van der Waals surface area contributed by atoms with Crippen molar-refractivity contribution in [2.75, 3.05) is 43.4 Å². The van der Waals surface area contributed by atoms with Gasteiger partial charge in [-0.25, -0.2) is 18.4 Å². The molecule has 2 aromatic heterocycles. The monoisotopic (exact) mass is 405 g/mol. The van der Waals surface area contributed by atoms with Crippen molar-refractivity contribution >= 4 is 28.0 Å². The molecule has 3 heterocycles. The first-order valence-corrected chi connectivity index (χ1v) is 10.6. The van der Waals surface area contributed by atoms with Crippen molar-refractivity contribution in [3.63, 3.8) is 0 Å². The van der Waals surface area contributed by atoms with Gasteiger partial charge in [0.25, 0.3) is 0 Å². The lowest BCUT2D eigenvalue weighted by Gasteiger charge is -2.33. The summed E-state index contributed by atoms with van der Waals surface area (Å²) in [6.07, 6.45) is 8.13. The zero-order valence-corrected chi connectivity index (χ0v) is 16.2. The van der Waals surface area contributed by atoms with E-state index in [1.807, 2.05) is 4.90 Å². The Morgan fingerprint density at radius 2 is 1.93 bits per heavy atom. The van der Waals surface area contributed by atoms with Crippen LogP contribution >= 0.6 is 0 Å². The van der Waals surface area contributed by atoms with Gasteiger partial charge < -0.3 is 14.6 Å². The standard InChI is InChI=1S/C18H23N5O4S/c24-17(6-5-16-4-1-14-27-16)19-9-3-15-28(25,26)23-12-10-22(11-13-23)18-20-7-2-8-21-18/h1-2,4-8,14H,3,9-13,15H2,(H,19,24)/b6-5+. The molecule has 1 fully saturated rings. The van der Waals surface area contributed by atoms with Gasteiger partial charge in [-0.3, -0.25) is 4.79 Å². The number of hydrogen-bond acceptors (Lipinski definition) is 7. The second kappa shape index (κ2) is 9.47. The van der Waals surface area contributed by atoms with Crippen molar-refractivity contribution in [3.05, 3.63) is 48.7 Å². The molecule has 1 amide bonds. The van der Waals surface area contributed by atoms with Gasteiger partial charge in [-0.05, 0) is 30.7 Å². The minimum Gasteiger partial charge on any atom is -0.465 e. The number of carbonyl (C=O) groups is 1. The highest BCUT2D eigenvalue weighted by molar-refractivity contribution is 7.89. The summed E-state index contributed by atoms with van der Waals surface area (Å²) in [7, 11) is -3.35. The van der Waals surface area contributed by atoms with Crippen LogP contribution in [0.5, 0.6) is 0 Å². The highest BCUT2D eigenvalue weighted by Gasteiger charge is 2.27. The number of furan rings is 1. The van der Waals surface area contributed by atoms with Gasteiger partial charge in [0.05, 0.1) is 12.0 Å². The summed E-state index contributed by atoms with van der Waals surface area (Å²) in [5, 5.41) is 2.67. The van der Waals surface area contributed by atoms with Crippen LogP contribution < -0.4 is 10.2 Å². The van der Waals surface area contributed by atoms with E-state index in [1.165, 1.54) is 16.6 Å². The Bertz CT molecular complexity index is 876. The van der Waals surface area contributed by atoms with Crippen LogP contribution in [0.2, 0.25) is 0 Å². The lowest BCUT2D eigenvalue weighted by atomic mass is 10.4. The number of amides is 1. The molecule has 0 unspecified atom stereocenters. The van der Waals surface area contributed by atoms with Crippen molar-refractivity contribution in [1.82, 2.24) is 19.6 Å². The third-order valence-corrected chi connectivity index (χ3v) is 6.24. The maximum Gasteiger partial charge on any atom is 0.244 e. The summed E-state index contributed by atoms with van der Waals surface area (Å²) in [5.74, 6) is 0.907. The Hall–Kier alpha value is -2.72. The van der Waals surface area contributed by atoms with Gasteiger partial charge in [0.1, 0.15) is 5.76 Å². The van der Waals surface area contributed by atoms with Crippen LogP contribution in [-0.4, -0.2) is 67.1 Å². The first-order valence-electron chi connectivity index (χ1n) is 9.04. The Morgan fingerprint density at radius 3 is 2.61 bits per heavy atom. The molecule has 28 heavy (non-hydrogen) atoms. The van der Waals surface area contributed by atoms with Crippen molar-refractivity contribution in [2.45, 2.75) is 6.42 Å². The molecule has 1 N–H and O–H groups in total. The number of aromatic nitrogens is 2.